The first-order valence-corrected chi connectivity index (χ1v) is 28.0. The van der Waals surface area contributed by atoms with Gasteiger partial charge < -0.3 is 64.2 Å². The maximum absolute atomic E-state index is 13.0. The van der Waals surface area contributed by atoms with Gasteiger partial charge in [0.1, 0.15) is 54.9 Å². The first kappa shape index (κ1) is 65.5. The van der Waals surface area contributed by atoms with Gasteiger partial charge in [-0.25, -0.2) is 0 Å². The van der Waals surface area contributed by atoms with Crippen LogP contribution in [0.25, 0.3) is 0 Å². The molecule has 7 N–H and O–H groups in total. The van der Waals surface area contributed by atoms with Gasteiger partial charge in [-0.1, -0.05) is 189 Å². The fourth-order valence-electron chi connectivity index (χ4n) is 8.46. The van der Waals surface area contributed by atoms with E-state index in [1.807, 2.05) is 0 Å². The maximum atomic E-state index is 13.0. The summed E-state index contributed by atoms with van der Waals surface area (Å²) in [5.74, 6) is -0.417. The number of carbonyl (C=O) groups excluding carboxylic acids is 1. The molecule has 0 aromatic heterocycles. The van der Waals surface area contributed by atoms with E-state index in [-0.39, 0.29) is 19.6 Å². The highest BCUT2D eigenvalue weighted by atomic mass is 16.7. The van der Waals surface area contributed by atoms with Crippen molar-refractivity contribution in [3.63, 3.8) is 0 Å². The van der Waals surface area contributed by atoms with Crippen LogP contribution in [0.4, 0.5) is 0 Å². The number of hydrogen-bond donors (Lipinski definition) is 7. The zero-order chi connectivity index (χ0) is 52.3. The van der Waals surface area contributed by atoms with E-state index in [1.165, 1.54) is 89.9 Å². The van der Waals surface area contributed by atoms with Crippen LogP contribution < -0.4 is 0 Å². The number of allylic oxidation sites excluding steroid dienone is 12. The van der Waals surface area contributed by atoms with E-state index in [1.54, 1.807) is 0 Å². The van der Waals surface area contributed by atoms with Crippen molar-refractivity contribution >= 4 is 5.97 Å². The van der Waals surface area contributed by atoms with Gasteiger partial charge in [0, 0.05) is 13.0 Å². The third kappa shape index (κ3) is 31.3. The van der Waals surface area contributed by atoms with Crippen LogP contribution in [0.3, 0.4) is 0 Å². The first-order valence-electron chi connectivity index (χ1n) is 28.0. The lowest BCUT2D eigenvalue weighted by Gasteiger charge is -2.42. The number of aliphatic hydroxyl groups excluding tert-OH is 7. The Balaban J connectivity index is 1.76. The minimum atomic E-state index is -1.72. The van der Waals surface area contributed by atoms with Gasteiger partial charge in [-0.3, -0.25) is 4.79 Å². The Bertz CT molecular complexity index is 1460. The molecule has 2 heterocycles. The van der Waals surface area contributed by atoms with Crippen molar-refractivity contribution in [2.75, 3.05) is 33.0 Å². The molecule has 2 rings (SSSR count). The molecule has 416 valence electrons. The summed E-state index contributed by atoms with van der Waals surface area (Å²) >= 11 is 0. The number of carbonyl (C=O) groups is 1. The van der Waals surface area contributed by atoms with E-state index in [0.29, 0.717) is 13.0 Å². The lowest BCUT2D eigenvalue weighted by atomic mass is 9.98. The van der Waals surface area contributed by atoms with Gasteiger partial charge in [-0.15, -0.1) is 0 Å². The quantitative estimate of drug-likeness (QED) is 0.0172. The predicted octanol–water partition coefficient (Wildman–Crippen LogP) is 9.47. The second kappa shape index (κ2) is 44.7. The van der Waals surface area contributed by atoms with Gasteiger partial charge in [-0.2, -0.15) is 0 Å². The Morgan fingerprint density at radius 1 is 0.472 bits per heavy atom. The van der Waals surface area contributed by atoms with Crippen LogP contribution in [-0.4, -0.2) is 142 Å². The molecule has 0 radical (unpaired) electrons. The molecule has 2 saturated heterocycles. The minimum absolute atomic E-state index is 0.0424. The van der Waals surface area contributed by atoms with Crippen molar-refractivity contribution in [1.82, 2.24) is 0 Å². The zero-order valence-corrected chi connectivity index (χ0v) is 44.4. The minimum Gasteiger partial charge on any atom is -0.457 e. The Morgan fingerprint density at radius 3 is 1.39 bits per heavy atom. The second-order valence-corrected chi connectivity index (χ2v) is 19.4. The molecule has 11 unspecified atom stereocenters. The lowest BCUT2D eigenvalue weighted by Crippen LogP contribution is -2.61. The molecule has 0 saturated carbocycles. The zero-order valence-electron chi connectivity index (χ0n) is 44.4. The maximum Gasteiger partial charge on any atom is 0.306 e. The van der Waals surface area contributed by atoms with E-state index in [9.17, 15) is 40.5 Å². The fraction of sp³-hybridized carbons (Fsp3) is 0.776. The van der Waals surface area contributed by atoms with E-state index in [4.69, 9.17) is 28.4 Å². The van der Waals surface area contributed by atoms with Crippen molar-refractivity contribution in [2.45, 2.75) is 255 Å². The molecule has 2 aliphatic heterocycles. The summed E-state index contributed by atoms with van der Waals surface area (Å²) in [4.78, 5) is 13.0. The number of hydrogen-bond acceptors (Lipinski definition) is 14. The van der Waals surface area contributed by atoms with Crippen molar-refractivity contribution in [2.24, 2.45) is 0 Å². The molecule has 0 spiro atoms. The number of rotatable bonds is 44. The van der Waals surface area contributed by atoms with Crippen molar-refractivity contribution in [3.8, 4) is 0 Å². The SMILES string of the molecule is CC/C=C\C/C=C\C/C=C\C/C=C\C/C=C\C/C=C\CCCCC(=O)OC(COCCCCCCCCCCCCCCCCCCC)COC1OC(COC2OC(CO)C(O)C(O)C2O)C(O)C(O)C1O. The van der Waals surface area contributed by atoms with E-state index in [0.717, 1.165) is 70.6 Å². The average molecular weight is 1020 g/mol. The van der Waals surface area contributed by atoms with Gasteiger partial charge in [0.25, 0.3) is 0 Å². The van der Waals surface area contributed by atoms with Crippen LogP contribution in [0.5, 0.6) is 0 Å². The van der Waals surface area contributed by atoms with Crippen LogP contribution in [0.1, 0.15) is 187 Å². The summed E-state index contributed by atoms with van der Waals surface area (Å²) in [5.41, 5.74) is 0. The summed E-state index contributed by atoms with van der Waals surface area (Å²) in [6.07, 6.45) is 39.6. The fourth-order valence-corrected chi connectivity index (χ4v) is 8.46. The number of esters is 1. The molecular formula is C58H100O14. The van der Waals surface area contributed by atoms with Crippen LogP contribution in [0.15, 0.2) is 72.9 Å². The molecule has 0 bridgehead atoms. The molecule has 0 amide bonds. The summed E-state index contributed by atoms with van der Waals surface area (Å²) < 4.78 is 34.3. The number of unbranched alkanes of at least 4 members (excludes halogenated alkanes) is 18. The highest BCUT2D eigenvalue weighted by molar-refractivity contribution is 5.69. The Kier molecular flexibility index (Phi) is 40.7. The monoisotopic (exact) mass is 1020 g/mol. The molecule has 2 fully saturated rings. The molecular weight excluding hydrogens is 921 g/mol. The largest absolute Gasteiger partial charge is 0.457 e. The molecule has 0 aliphatic carbocycles. The van der Waals surface area contributed by atoms with Crippen LogP contribution in [0, 0.1) is 0 Å². The molecule has 0 aromatic carbocycles. The van der Waals surface area contributed by atoms with E-state index in [2.05, 4.69) is 86.8 Å². The van der Waals surface area contributed by atoms with Crippen molar-refractivity contribution < 1.29 is 69.0 Å². The summed E-state index contributed by atoms with van der Waals surface area (Å²) in [6.45, 7) is 3.53. The second-order valence-electron chi connectivity index (χ2n) is 19.4. The van der Waals surface area contributed by atoms with Crippen molar-refractivity contribution in [1.29, 1.82) is 0 Å². The number of aliphatic hydroxyl groups is 7. The van der Waals surface area contributed by atoms with E-state index < -0.39 is 86.7 Å². The molecule has 72 heavy (non-hydrogen) atoms. The average Bonchev–Trinajstić information content (AvgIpc) is 3.38. The Morgan fingerprint density at radius 2 is 0.903 bits per heavy atom. The topological polar surface area (TPSA) is 214 Å². The number of ether oxygens (including phenoxy) is 6. The van der Waals surface area contributed by atoms with Gasteiger partial charge in [0.2, 0.25) is 0 Å². The standard InChI is InChI=1S/C58H100O14/c1-3-5-7-9-11-13-15-17-19-21-22-23-24-25-27-29-31-33-35-37-39-41-50(60)70-47(44-67-42-40-38-36-34-32-30-28-26-20-18-16-14-12-10-8-6-4-2)45-68-57-56(66)54(64)52(62)49(72-57)46-69-58-55(65)53(63)51(61)48(43-59)71-58/h5,7,11,13,17,19,22-23,25,27,31,33,47-49,51-59,61-66H,3-4,6,8-10,12,14-16,18,20-21,24,26,28-30,32,34-46H2,1-2H3/b7-5-,13-11-,19-17-,23-22-,27-25-,33-31-. The Labute approximate surface area is 434 Å². The smallest absolute Gasteiger partial charge is 0.306 e. The van der Waals surface area contributed by atoms with Crippen molar-refractivity contribution in [3.05, 3.63) is 72.9 Å². The van der Waals surface area contributed by atoms with Crippen LogP contribution >= 0.6 is 0 Å². The third-order valence-corrected chi connectivity index (χ3v) is 13.0. The van der Waals surface area contributed by atoms with Crippen LogP contribution in [0.2, 0.25) is 0 Å². The highest BCUT2D eigenvalue weighted by Gasteiger charge is 2.47. The third-order valence-electron chi connectivity index (χ3n) is 13.0. The van der Waals surface area contributed by atoms with Crippen LogP contribution in [-0.2, 0) is 33.2 Å². The molecule has 11 atom stereocenters. The van der Waals surface area contributed by atoms with E-state index >= 15 is 0 Å². The summed E-state index contributed by atoms with van der Waals surface area (Å²) in [7, 11) is 0. The summed E-state index contributed by atoms with van der Waals surface area (Å²) in [6, 6.07) is 0. The highest BCUT2D eigenvalue weighted by Crippen LogP contribution is 2.26. The summed E-state index contributed by atoms with van der Waals surface area (Å²) in [5, 5.41) is 72.3. The molecule has 14 heteroatoms. The first-order chi connectivity index (χ1) is 35.1. The predicted molar refractivity (Wildman–Crippen MR) is 284 cm³/mol. The van der Waals surface area contributed by atoms with Gasteiger partial charge in [0.05, 0.1) is 26.4 Å². The molecule has 2 aliphatic rings. The lowest BCUT2D eigenvalue weighted by molar-refractivity contribution is -0.332. The van der Waals surface area contributed by atoms with Gasteiger partial charge in [-0.05, 0) is 64.2 Å². The Hall–Kier alpha value is -2.57. The molecule has 14 nitrogen and oxygen atoms in total. The van der Waals surface area contributed by atoms with Gasteiger partial charge in [0.15, 0.2) is 12.6 Å². The van der Waals surface area contributed by atoms with Gasteiger partial charge >= 0.3 is 5.97 Å². The molecule has 0 aromatic rings. The normalized spacial score (nSPS) is 25.7.